The Labute approximate surface area is 203 Å². The van der Waals surface area contributed by atoms with Crippen molar-refractivity contribution in [3.63, 3.8) is 0 Å². The number of hydrogen-bond donors (Lipinski definition) is 1. The molecule has 0 amide bonds. The van der Waals surface area contributed by atoms with E-state index in [1.165, 1.54) is 22.9 Å². The molecule has 0 saturated carbocycles. The number of rotatable bonds is 5. The second kappa shape index (κ2) is 8.74. The SMILES string of the molecule is CC1(C)CCc2c(N3CCOCC3)nc3sc4c(NCCc5ccccn5)ncnc4c3c2C1. The van der Waals surface area contributed by atoms with Crippen molar-refractivity contribution >= 4 is 43.4 Å². The quantitative estimate of drug-likeness (QED) is 0.451. The average Bonchev–Trinajstić information content (AvgIpc) is 3.24. The van der Waals surface area contributed by atoms with Crippen molar-refractivity contribution in [2.24, 2.45) is 5.41 Å². The first-order valence-corrected chi connectivity index (χ1v) is 13.0. The Kier molecular flexibility index (Phi) is 5.57. The van der Waals surface area contributed by atoms with Gasteiger partial charge in [-0.2, -0.15) is 0 Å². The minimum Gasteiger partial charge on any atom is -0.378 e. The maximum absolute atomic E-state index is 5.62. The molecule has 6 rings (SSSR count). The number of nitrogens with one attached hydrogen (secondary N) is 1. The van der Waals surface area contributed by atoms with E-state index in [2.05, 4.69) is 40.1 Å². The van der Waals surface area contributed by atoms with Crippen molar-refractivity contribution in [1.82, 2.24) is 19.9 Å². The predicted octanol–water partition coefficient (Wildman–Crippen LogP) is 4.64. The van der Waals surface area contributed by atoms with Crippen LogP contribution in [-0.2, 0) is 24.0 Å². The molecule has 4 aromatic rings. The Balaban J connectivity index is 1.43. The van der Waals surface area contributed by atoms with E-state index >= 15 is 0 Å². The van der Waals surface area contributed by atoms with Crippen molar-refractivity contribution in [3.05, 3.63) is 47.5 Å². The molecule has 0 spiro atoms. The lowest BCUT2D eigenvalue weighted by Crippen LogP contribution is -2.38. The van der Waals surface area contributed by atoms with Gasteiger partial charge in [-0.1, -0.05) is 19.9 Å². The number of hydrogen-bond acceptors (Lipinski definition) is 8. The van der Waals surface area contributed by atoms with Gasteiger partial charge < -0.3 is 15.0 Å². The van der Waals surface area contributed by atoms with Gasteiger partial charge in [0.15, 0.2) is 0 Å². The van der Waals surface area contributed by atoms with Gasteiger partial charge >= 0.3 is 0 Å². The first-order valence-electron chi connectivity index (χ1n) is 12.1. The summed E-state index contributed by atoms with van der Waals surface area (Å²) in [5.74, 6) is 2.05. The van der Waals surface area contributed by atoms with E-state index in [9.17, 15) is 0 Å². The maximum atomic E-state index is 5.62. The lowest BCUT2D eigenvalue weighted by atomic mass is 9.73. The first kappa shape index (κ1) is 21.7. The summed E-state index contributed by atoms with van der Waals surface area (Å²) in [6.45, 7) is 8.87. The van der Waals surface area contributed by atoms with Crippen LogP contribution in [0.1, 0.15) is 37.1 Å². The molecule has 1 saturated heterocycles. The van der Waals surface area contributed by atoms with Crippen LogP contribution in [0.3, 0.4) is 0 Å². The molecule has 1 N–H and O–H groups in total. The summed E-state index contributed by atoms with van der Waals surface area (Å²) in [6.07, 6.45) is 7.68. The van der Waals surface area contributed by atoms with Crippen molar-refractivity contribution < 1.29 is 4.74 Å². The highest BCUT2D eigenvalue weighted by atomic mass is 32.1. The summed E-state index contributed by atoms with van der Waals surface area (Å²) in [7, 11) is 0. The maximum Gasteiger partial charge on any atom is 0.147 e. The monoisotopic (exact) mass is 474 g/mol. The second-order valence-corrected chi connectivity index (χ2v) is 11.0. The van der Waals surface area contributed by atoms with Gasteiger partial charge in [-0.15, -0.1) is 11.3 Å². The van der Waals surface area contributed by atoms with Gasteiger partial charge in [-0.3, -0.25) is 4.98 Å². The molecule has 8 heteroatoms. The van der Waals surface area contributed by atoms with Crippen LogP contribution in [0.25, 0.3) is 20.4 Å². The topological polar surface area (TPSA) is 76.1 Å². The number of fused-ring (bicyclic) bond motifs is 5. The minimum absolute atomic E-state index is 0.272. The van der Waals surface area contributed by atoms with Gasteiger partial charge in [0.25, 0.3) is 0 Å². The Hall–Kier alpha value is -2.84. The van der Waals surface area contributed by atoms with Crippen LogP contribution in [0, 0.1) is 5.41 Å². The van der Waals surface area contributed by atoms with Crippen molar-refractivity contribution in [3.8, 4) is 0 Å². The summed E-state index contributed by atoms with van der Waals surface area (Å²) in [5, 5.41) is 4.77. The molecule has 0 atom stereocenters. The van der Waals surface area contributed by atoms with Crippen molar-refractivity contribution in [2.45, 2.75) is 39.5 Å². The van der Waals surface area contributed by atoms with E-state index in [-0.39, 0.29) is 5.41 Å². The van der Waals surface area contributed by atoms with Crippen LogP contribution < -0.4 is 10.2 Å². The molecule has 7 nitrogen and oxygen atoms in total. The fourth-order valence-electron chi connectivity index (χ4n) is 5.20. The fourth-order valence-corrected chi connectivity index (χ4v) is 6.32. The van der Waals surface area contributed by atoms with Crippen LogP contribution in [0.2, 0.25) is 0 Å². The van der Waals surface area contributed by atoms with E-state index in [1.807, 2.05) is 18.3 Å². The summed E-state index contributed by atoms with van der Waals surface area (Å²) >= 11 is 1.71. The van der Waals surface area contributed by atoms with Crippen LogP contribution in [-0.4, -0.2) is 52.8 Å². The normalized spacial score (nSPS) is 17.8. The molecule has 0 unspecified atom stereocenters. The molecule has 1 aliphatic carbocycles. The first-order chi connectivity index (χ1) is 16.6. The molecule has 1 aliphatic heterocycles. The molecule has 176 valence electrons. The number of anilines is 2. The third-order valence-corrected chi connectivity index (χ3v) is 8.09. The zero-order chi connectivity index (χ0) is 23.1. The van der Waals surface area contributed by atoms with Gasteiger partial charge in [0.05, 0.1) is 23.4 Å². The summed E-state index contributed by atoms with van der Waals surface area (Å²) in [6, 6.07) is 6.03. The van der Waals surface area contributed by atoms with Gasteiger partial charge in [0.2, 0.25) is 0 Å². The van der Waals surface area contributed by atoms with Gasteiger partial charge in [-0.05, 0) is 47.9 Å². The summed E-state index contributed by atoms with van der Waals surface area (Å²) in [5.41, 5.74) is 5.23. The van der Waals surface area contributed by atoms with E-state index in [0.29, 0.717) is 0 Å². The number of morpholine rings is 1. The average molecular weight is 475 g/mol. The minimum atomic E-state index is 0.272. The lowest BCUT2D eigenvalue weighted by Gasteiger charge is -2.36. The van der Waals surface area contributed by atoms with E-state index in [1.54, 1.807) is 17.7 Å². The van der Waals surface area contributed by atoms with E-state index in [4.69, 9.17) is 14.7 Å². The van der Waals surface area contributed by atoms with Crippen molar-refractivity contribution in [1.29, 1.82) is 0 Å². The van der Waals surface area contributed by atoms with E-state index < -0.39 is 0 Å². The molecule has 5 heterocycles. The van der Waals surface area contributed by atoms with Gasteiger partial charge in [-0.25, -0.2) is 15.0 Å². The summed E-state index contributed by atoms with van der Waals surface area (Å²) in [4.78, 5) is 22.5. The third kappa shape index (κ3) is 3.99. The highest BCUT2D eigenvalue weighted by Crippen LogP contribution is 2.46. The number of thiophene rings is 1. The van der Waals surface area contributed by atoms with Crippen LogP contribution in [0.15, 0.2) is 30.7 Å². The Morgan fingerprint density at radius 1 is 1.12 bits per heavy atom. The standard InChI is InChI=1S/C26H30N6OS/c1-26(2)8-6-18-19(15-26)20-21-22(34-25(20)31-24(18)32-11-13-33-14-12-32)23(30-16-29-21)28-10-7-17-5-3-4-9-27-17/h3-5,9,16H,6-8,10-15H2,1-2H3,(H,28,29,30). The summed E-state index contributed by atoms with van der Waals surface area (Å²) < 4.78 is 6.71. The number of ether oxygens (including phenoxy) is 1. The molecule has 0 aromatic carbocycles. The molecule has 0 radical (unpaired) electrons. The second-order valence-electron chi connectivity index (χ2n) is 10.0. The Morgan fingerprint density at radius 3 is 2.82 bits per heavy atom. The molecular weight excluding hydrogens is 444 g/mol. The van der Waals surface area contributed by atoms with Crippen LogP contribution in [0.4, 0.5) is 11.6 Å². The number of aromatic nitrogens is 4. The molecule has 1 fully saturated rings. The Morgan fingerprint density at radius 2 is 2.00 bits per heavy atom. The highest BCUT2D eigenvalue weighted by Gasteiger charge is 2.32. The van der Waals surface area contributed by atoms with Crippen LogP contribution >= 0.6 is 11.3 Å². The molecule has 0 bridgehead atoms. The highest BCUT2D eigenvalue weighted by molar-refractivity contribution is 7.26. The molecule has 4 aromatic heterocycles. The number of pyridine rings is 2. The fraction of sp³-hybridized carbons (Fsp3) is 0.462. The molecule has 34 heavy (non-hydrogen) atoms. The third-order valence-electron chi connectivity index (χ3n) is 7.01. The lowest BCUT2D eigenvalue weighted by molar-refractivity contribution is 0.122. The van der Waals surface area contributed by atoms with Crippen LogP contribution in [0.5, 0.6) is 0 Å². The molecular formula is C26H30N6OS. The largest absolute Gasteiger partial charge is 0.378 e. The Bertz CT molecular complexity index is 1330. The van der Waals surface area contributed by atoms with Crippen molar-refractivity contribution in [2.75, 3.05) is 43.1 Å². The van der Waals surface area contributed by atoms with E-state index in [0.717, 1.165) is 84.5 Å². The zero-order valence-electron chi connectivity index (χ0n) is 19.8. The molecule has 2 aliphatic rings. The predicted molar refractivity (Wildman–Crippen MR) is 138 cm³/mol. The zero-order valence-corrected chi connectivity index (χ0v) is 20.6. The van der Waals surface area contributed by atoms with Gasteiger partial charge in [0, 0.05) is 43.3 Å². The smallest absolute Gasteiger partial charge is 0.147 e. The number of nitrogens with zero attached hydrogens (tertiary/aromatic N) is 5. The van der Waals surface area contributed by atoms with Gasteiger partial charge in [0.1, 0.15) is 22.8 Å².